The molecule has 2 aliphatic heterocycles. The van der Waals surface area contributed by atoms with Crippen LogP contribution in [0.3, 0.4) is 0 Å². The predicted octanol–water partition coefficient (Wildman–Crippen LogP) is 1.89. The van der Waals surface area contributed by atoms with Gasteiger partial charge in [0.05, 0.1) is 18.1 Å². The Morgan fingerprint density at radius 2 is 2.09 bits per heavy atom. The number of amides is 2. The van der Waals surface area contributed by atoms with Crippen LogP contribution in [0.25, 0.3) is 0 Å². The van der Waals surface area contributed by atoms with Gasteiger partial charge in [-0.3, -0.25) is 9.59 Å². The van der Waals surface area contributed by atoms with Gasteiger partial charge in [-0.05, 0) is 24.8 Å². The molecule has 124 valence electrons. The van der Waals surface area contributed by atoms with Crippen molar-refractivity contribution in [3.05, 3.63) is 35.9 Å². The summed E-state index contributed by atoms with van der Waals surface area (Å²) in [6.45, 7) is 1.35. The first-order valence-corrected chi connectivity index (χ1v) is 8.36. The number of carbonyl (C=O) groups excluding carboxylic acids is 2. The lowest BCUT2D eigenvalue weighted by Gasteiger charge is -2.38. The van der Waals surface area contributed by atoms with Gasteiger partial charge in [-0.15, -0.1) is 0 Å². The van der Waals surface area contributed by atoms with Gasteiger partial charge in [0, 0.05) is 26.6 Å². The Morgan fingerprint density at radius 1 is 1.30 bits per heavy atom. The molecule has 23 heavy (non-hydrogen) atoms. The zero-order valence-corrected chi connectivity index (χ0v) is 13.5. The van der Waals surface area contributed by atoms with E-state index in [9.17, 15) is 9.59 Å². The Morgan fingerprint density at radius 3 is 2.78 bits per heavy atom. The summed E-state index contributed by atoms with van der Waals surface area (Å²) in [6, 6.07) is 9.62. The number of piperidine rings is 1. The van der Waals surface area contributed by atoms with E-state index in [-0.39, 0.29) is 29.9 Å². The van der Waals surface area contributed by atoms with Crippen LogP contribution in [-0.2, 0) is 14.3 Å². The molecule has 5 heteroatoms. The first kappa shape index (κ1) is 16.0. The second-order valence-corrected chi connectivity index (χ2v) is 6.39. The van der Waals surface area contributed by atoms with Crippen molar-refractivity contribution in [2.75, 3.05) is 20.2 Å². The van der Waals surface area contributed by atoms with Crippen molar-refractivity contribution in [1.82, 2.24) is 10.2 Å². The van der Waals surface area contributed by atoms with Crippen molar-refractivity contribution in [1.29, 1.82) is 0 Å². The number of rotatable bonds is 4. The summed E-state index contributed by atoms with van der Waals surface area (Å²) in [5.41, 5.74) is 1.01. The highest BCUT2D eigenvalue weighted by molar-refractivity contribution is 5.84. The molecule has 2 fully saturated rings. The van der Waals surface area contributed by atoms with Gasteiger partial charge in [-0.1, -0.05) is 30.3 Å². The van der Waals surface area contributed by atoms with Gasteiger partial charge >= 0.3 is 0 Å². The molecule has 0 aromatic heterocycles. The lowest BCUT2D eigenvalue weighted by Crippen LogP contribution is -2.47. The summed E-state index contributed by atoms with van der Waals surface area (Å²) >= 11 is 0. The van der Waals surface area contributed by atoms with Gasteiger partial charge in [0.1, 0.15) is 0 Å². The highest BCUT2D eigenvalue weighted by atomic mass is 16.5. The van der Waals surface area contributed by atoms with Crippen LogP contribution in [0.5, 0.6) is 0 Å². The fourth-order valence-corrected chi connectivity index (χ4v) is 3.57. The number of likely N-dealkylation sites (tertiary alicyclic amines) is 1. The highest BCUT2D eigenvalue weighted by Gasteiger charge is 2.38. The van der Waals surface area contributed by atoms with E-state index in [4.69, 9.17) is 4.74 Å². The quantitative estimate of drug-likeness (QED) is 0.923. The Labute approximate surface area is 137 Å². The molecule has 5 nitrogen and oxygen atoms in total. The van der Waals surface area contributed by atoms with Crippen LogP contribution in [0.1, 0.15) is 37.3 Å². The van der Waals surface area contributed by atoms with Gasteiger partial charge < -0.3 is 15.0 Å². The van der Waals surface area contributed by atoms with Crippen molar-refractivity contribution in [2.24, 2.45) is 5.92 Å². The maximum atomic E-state index is 12.7. The molecule has 2 amide bonds. The molecular weight excluding hydrogens is 292 g/mol. The van der Waals surface area contributed by atoms with E-state index in [1.807, 2.05) is 30.3 Å². The second kappa shape index (κ2) is 7.13. The van der Waals surface area contributed by atoms with Crippen LogP contribution in [-0.4, -0.2) is 43.0 Å². The fraction of sp³-hybridized carbons (Fsp3) is 0.556. The van der Waals surface area contributed by atoms with E-state index in [1.54, 1.807) is 11.9 Å². The summed E-state index contributed by atoms with van der Waals surface area (Å²) in [5.74, 6) is -0.0859. The summed E-state index contributed by atoms with van der Waals surface area (Å²) in [7, 11) is 1.79. The summed E-state index contributed by atoms with van der Waals surface area (Å²) in [5, 5.41) is 3.03. The van der Waals surface area contributed by atoms with E-state index in [0.29, 0.717) is 19.4 Å². The number of hydrogen-bond acceptors (Lipinski definition) is 3. The molecule has 0 radical (unpaired) electrons. The lowest BCUT2D eigenvalue weighted by molar-refractivity contribution is -0.141. The molecule has 0 aliphatic carbocycles. The molecule has 1 N–H and O–H groups in total. The summed E-state index contributed by atoms with van der Waals surface area (Å²) in [6.07, 6.45) is 3.23. The van der Waals surface area contributed by atoms with Crippen LogP contribution in [0, 0.1) is 5.92 Å². The molecule has 1 aromatic rings. The zero-order chi connectivity index (χ0) is 16.2. The molecule has 0 spiro atoms. The smallest absolute Gasteiger partial charge is 0.225 e. The fourth-order valence-electron chi connectivity index (χ4n) is 3.57. The third kappa shape index (κ3) is 3.55. The minimum atomic E-state index is -0.207. The van der Waals surface area contributed by atoms with Gasteiger partial charge in [-0.25, -0.2) is 0 Å². The third-order valence-electron chi connectivity index (χ3n) is 4.87. The molecule has 2 aliphatic rings. The van der Waals surface area contributed by atoms with Gasteiger partial charge in [0.2, 0.25) is 11.8 Å². The minimum absolute atomic E-state index is 0.0219. The Bertz CT molecular complexity index is 555. The molecule has 3 atom stereocenters. The van der Waals surface area contributed by atoms with Crippen molar-refractivity contribution >= 4 is 11.8 Å². The SMILES string of the molecule is CN1C(=O)CC[C@H](C(=O)NC[C@@H]2CCCO2)[C@@H]1c1ccccc1. The summed E-state index contributed by atoms with van der Waals surface area (Å²) in [4.78, 5) is 26.5. The van der Waals surface area contributed by atoms with Crippen molar-refractivity contribution in [3.63, 3.8) is 0 Å². The van der Waals surface area contributed by atoms with Gasteiger partial charge in [0.25, 0.3) is 0 Å². The molecule has 0 unspecified atom stereocenters. The van der Waals surface area contributed by atoms with E-state index in [1.165, 1.54) is 0 Å². The summed E-state index contributed by atoms with van der Waals surface area (Å²) < 4.78 is 5.56. The van der Waals surface area contributed by atoms with E-state index in [0.717, 1.165) is 25.0 Å². The van der Waals surface area contributed by atoms with E-state index < -0.39 is 0 Å². The number of ether oxygens (including phenoxy) is 1. The van der Waals surface area contributed by atoms with E-state index in [2.05, 4.69) is 5.32 Å². The minimum Gasteiger partial charge on any atom is -0.376 e. The maximum Gasteiger partial charge on any atom is 0.225 e. The molecule has 0 bridgehead atoms. The van der Waals surface area contributed by atoms with E-state index >= 15 is 0 Å². The average molecular weight is 316 g/mol. The largest absolute Gasteiger partial charge is 0.376 e. The van der Waals surface area contributed by atoms with Crippen LogP contribution < -0.4 is 5.32 Å². The molecule has 2 heterocycles. The average Bonchev–Trinajstić information content (AvgIpc) is 3.09. The van der Waals surface area contributed by atoms with Crippen LogP contribution in [0.2, 0.25) is 0 Å². The van der Waals surface area contributed by atoms with Crippen LogP contribution in [0.4, 0.5) is 0 Å². The van der Waals surface area contributed by atoms with Crippen molar-refractivity contribution < 1.29 is 14.3 Å². The second-order valence-electron chi connectivity index (χ2n) is 6.39. The molecular formula is C18H24N2O3. The molecule has 0 saturated carbocycles. The number of hydrogen-bond donors (Lipinski definition) is 1. The Kier molecular flexibility index (Phi) is 4.96. The van der Waals surface area contributed by atoms with Crippen LogP contribution >= 0.6 is 0 Å². The predicted molar refractivity (Wildman–Crippen MR) is 86.7 cm³/mol. The number of benzene rings is 1. The standard InChI is InChI=1S/C18H24N2O3/c1-20-16(21)10-9-15(17(20)13-6-3-2-4-7-13)18(22)19-12-14-8-5-11-23-14/h2-4,6-7,14-15,17H,5,8-12H2,1H3,(H,19,22)/t14-,15-,17-/m0/s1. The number of nitrogens with one attached hydrogen (secondary N) is 1. The number of carbonyl (C=O) groups is 2. The Balaban J connectivity index is 1.72. The first-order chi connectivity index (χ1) is 11.2. The van der Waals surface area contributed by atoms with Gasteiger partial charge in [-0.2, -0.15) is 0 Å². The molecule has 1 aromatic carbocycles. The van der Waals surface area contributed by atoms with Gasteiger partial charge in [0.15, 0.2) is 0 Å². The topological polar surface area (TPSA) is 58.6 Å². The zero-order valence-electron chi connectivity index (χ0n) is 13.5. The lowest BCUT2D eigenvalue weighted by atomic mass is 9.84. The van der Waals surface area contributed by atoms with Crippen molar-refractivity contribution in [2.45, 2.75) is 37.8 Å². The highest BCUT2D eigenvalue weighted by Crippen LogP contribution is 2.35. The first-order valence-electron chi connectivity index (χ1n) is 8.36. The van der Waals surface area contributed by atoms with Crippen LogP contribution in [0.15, 0.2) is 30.3 Å². The molecule has 3 rings (SSSR count). The number of nitrogens with zero attached hydrogens (tertiary/aromatic N) is 1. The third-order valence-corrected chi connectivity index (χ3v) is 4.87. The monoisotopic (exact) mass is 316 g/mol. The normalized spacial score (nSPS) is 28.0. The Hall–Kier alpha value is -1.88. The maximum absolute atomic E-state index is 12.7. The molecule has 2 saturated heterocycles. The van der Waals surface area contributed by atoms with Crippen molar-refractivity contribution in [3.8, 4) is 0 Å².